The van der Waals surface area contributed by atoms with Gasteiger partial charge in [0.25, 0.3) is 17.4 Å². The first-order valence-corrected chi connectivity index (χ1v) is 22.0. The first-order chi connectivity index (χ1) is 29.9. The molecule has 1 aliphatic carbocycles. The topological polar surface area (TPSA) is 180 Å². The largest absolute Gasteiger partial charge is 0.478 e. The van der Waals surface area contributed by atoms with Crippen molar-refractivity contribution >= 4 is 69.3 Å². The van der Waals surface area contributed by atoms with E-state index < -0.39 is 11.9 Å². The molecule has 0 bridgehead atoms. The van der Waals surface area contributed by atoms with E-state index in [-0.39, 0.29) is 65.7 Å². The zero-order chi connectivity index (χ0) is 43.3. The molecule has 2 aromatic carbocycles. The van der Waals surface area contributed by atoms with Crippen LogP contribution in [-0.4, -0.2) is 101 Å². The van der Waals surface area contributed by atoms with Crippen molar-refractivity contribution in [2.24, 2.45) is 5.41 Å². The van der Waals surface area contributed by atoms with Crippen molar-refractivity contribution in [3.63, 3.8) is 0 Å². The normalized spacial score (nSPS) is 22.9. The SMILES string of the molecule is CNC(=O)COc1cc2cc(Nc3nc(N4CCC(OC5CCC6(CCN(c7ccc8c(c7)CN(C7CCC(=O)NC7=O)C8=O)C6)C5)CC4)ncc3Cl)ccc2n(C(C)C)c1=O. The Bertz CT molecular complexity index is 2510. The maximum atomic E-state index is 13.3. The molecule has 62 heavy (non-hydrogen) atoms. The van der Waals surface area contributed by atoms with Crippen LogP contribution in [0.5, 0.6) is 5.75 Å². The molecule has 3 unspecified atom stereocenters. The van der Waals surface area contributed by atoms with E-state index in [2.05, 4.69) is 36.8 Å². The maximum absolute atomic E-state index is 13.3. The second-order valence-electron chi connectivity index (χ2n) is 17.6. The summed E-state index contributed by atoms with van der Waals surface area (Å²) in [4.78, 5) is 78.2. The Morgan fingerprint density at radius 3 is 2.58 bits per heavy atom. The summed E-state index contributed by atoms with van der Waals surface area (Å²) in [7, 11) is 1.51. The molecule has 3 saturated heterocycles. The number of halogens is 1. The first kappa shape index (κ1) is 41.6. The third kappa shape index (κ3) is 8.17. The third-order valence-electron chi connectivity index (χ3n) is 13.2. The highest BCUT2D eigenvalue weighted by Gasteiger charge is 2.46. The number of carbonyl (C=O) groups is 4. The monoisotopic (exact) mass is 865 g/mol. The van der Waals surface area contributed by atoms with Crippen LogP contribution in [0.25, 0.3) is 10.9 Å². The van der Waals surface area contributed by atoms with Gasteiger partial charge in [0.05, 0.1) is 23.9 Å². The number of aromatic nitrogens is 3. The molecule has 5 aliphatic rings. The van der Waals surface area contributed by atoms with Crippen LogP contribution in [0.15, 0.2) is 53.5 Å². The predicted molar refractivity (Wildman–Crippen MR) is 234 cm³/mol. The van der Waals surface area contributed by atoms with Crippen LogP contribution in [-0.2, 0) is 25.7 Å². The highest BCUT2D eigenvalue weighted by Crippen LogP contribution is 2.48. The molecule has 0 radical (unpaired) electrons. The van der Waals surface area contributed by atoms with Gasteiger partial charge >= 0.3 is 0 Å². The van der Waals surface area contributed by atoms with Gasteiger partial charge in [-0.2, -0.15) is 4.98 Å². The Kier molecular flexibility index (Phi) is 11.3. The van der Waals surface area contributed by atoms with Crippen molar-refractivity contribution in [3.05, 3.63) is 75.2 Å². The Balaban J connectivity index is 0.788. The molecule has 2 aromatic heterocycles. The number of anilines is 4. The summed E-state index contributed by atoms with van der Waals surface area (Å²) in [5.41, 5.74) is 4.01. The van der Waals surface area contributed by atoms with Gasteiger partial charge in [-0.05, 0) is 112 Å². The zero-order valence-corrected chi connectivity index (χ0v) is 36.0. The van der Waals surface area contributed by atoms with Crippen LogP contribution in [0.2, 0.25) is 5.02 Å². The van der Waals surface area contributed by atoms with Gasteiger partial charge in [-0.25, -0.2) is 4.98 Å². The summed E-state index contributed by atoms with van der Waals surface area (Å²) >= 11 is 6.61. The lowest BCUT2D eigenvalue weighted by Gasteiger charge is -2.34. The molecule has 3 N–H and O–H groups in total. The van der Waals surface area contributed by atoms with E-state index in [4.69, 9.17) is 26.1 Å². The molecule has 1 spiro atoms. The van der Waals surface area contributed by atoms with E-state index in [1.165, 1.54) is 7.05 Å². The highest BCUT2D eigenvalue weighted by molar-refractivity contribution is 6.33. The van der Waals surface area contributed by atoms with Crippen LogP contribution >= 0.6 is 11.6 Å². The van der Waals surface area contributed by atoms with E-state index >= 15 is 0 Å². The number of nitrogens with zero attached hydrogens (tertiary/aromatic N) is 6. The van der Waals surface area contributed by atoms with E-state index in [1.54, 1.807) is 21.7 Å². The number of benzene rings is 2. The Hall–Kier alpha value is -5.74. The second kappa shape index (κ2) is 16.9. The molecule has 16 nitrogen and oxygen atoms in total. The van der Waals surface area contributed by atoms with Crippen LogP contribution in [0.3, 0.4) is 0 Å². The molecule has 17 heteroatoms. The Morgan fingerprint density at radius 1 is 0.984 bits per heavy atom. The number of rotatable bonds is 11. The van der Waals surface area contributed by atoms with Crippen molar-refractivity contribution in [1.29, 1.82) is 0 Å². The van der Waals surface area contributed by atoms with Crippen molar-refractivity contribution in [2.75, 3.05) is 55.0 Å². The Morgan fingerprint density at radius 2 is 1.81 bits per heavy atom. The predicted octanol–water partition coefficient (Wildman–Crippen LogP) is 5.09. The molecular weight excluding hydrogens is 814 g/mol. The lowest BCUT2D eigenvalue weighted by molar-refractivity contribution is -0.137. The van der Waals surface area contributed by atoms with Crippen LogP contribution in [0.1, 0.15) is 87.2 Å². The van der Waals surface area contributed by atoms with Gasteiger partial charge in [-0.15, -0.1) is 0 Å². The fourth-order valence-corrected chi connectivity index (χ4v) is 10.1. The van der Waals surface area contributed by atoms with E-state index in [0.29, 0.717) is 41.0 Å². The first-order valence-electron chi connectivity index (χ1n) is 21.6. The molecule has 4 aliphatic heterocycles. The van der Waals surface area contributed by atoms with Crippen molar-refractivity contribution in [3.8, 4) is 5.75 Å². The number of pyridine rings is 1. The minimum atomic E-state index is -0.617. The lowest BCUT2D eigenvalue weighted by Crippen LogP contribution is -2.52. The van der Waals surface area contributed by atoms with Gasteiger partial charge in [0.2, 0.25) is 17.8 Å². The van der Waals surface area contributed by atoms with E-state index in [9.17, 15) is 24.0 Å². The summed E-state index contributed by atoms with van der Waals surface area (Å²) in [6, 6.07) is 12.6. The standard InChI is InChI=1S/C45H52ClN9O7/c1-26(2)55-35-7-4-29(18-27(35)20-37(43(55)60)61-24-39(57)47-3)49-40-34(46)22-48-44(51-40)52-15-11-31(12-16-52)62-32-10-13-45(21-32)14-17-53(25-45)30-5-6-33-28(19-30)23-54(42(33)59)36-8-9-38(56)50-41(36)58/h4-7,18-20,22,26,31-32,36H,8-17,21,23-25H2,1-3H3,(H,47,57)(H,48,49,51)(H,50,56,58). The highest BCUT2D eigenvalue weighted by atomic mass is 35.5. The van der Waals surface area contributed by atoms with Crippen molar-refractivity contribution < 1.29 is 28.7 Å². The number of nitrogens with one attached hydrogen (secondary N) is 3. The number of fused-ring (bicyclic) bond motifs is 2. The van der Waals surface area contributed by atoms with Gasteiger partial charge in [-0.3, -0.25) is 29.3 Å². The minimum Gasteiger partial charge on any atom is -0.478 e. The number of hydrogen-bond donors (Lipinski definition) is 3. The van der Waals surface area contributed by atoms with Gasteiger partial charge in [0.1, 0.15) is 11.1 Å². The molecule has 4 aromatic rings. The third-order valence-corrected chi connectivity index (χ3v) is 13.5. The molecule has 6 heterocycles. The molecule has 326 valence electrons. The molecule has 9 rings (SSSR count). The summed E-state index contributed by atoms with van der Waals surface area (Å²) in [5, 5.41) is 9.35. The molecule has 3 atom stereocenters. The molecule has 1 saturated carbocycles. The second-order valence-corrected chi connectivity index (χ2v) is 18.0. The van der Waals surface area contributed by atoms with Gasteiger partial charge < -0.3 is 39.4 Å². The fraction of sp³-hybridized carbons (Fsp3) is 0.489. The summed E-state index contributed by atoms with van der Waals surface area (Å²) in [5.74, 6) is -0.0196. The fourth-order valence-electron chi connectivity index (χ4n) is 9.98. The van der Waals surface area contributed by atoms with E-state index in [1.807, 2.05) is 44.2 Å². The van der Waals surface area contributed by atoms with Crippen LogP contribution < -0.4 is 36.0 Å². The molecule has 4 amide bonds. The minimum absolute atomic E-state index is 0.0920. The number of hydrogen-bond acceptors (Lipinski definition) is 12. The number of carbonyl (C=O) groups excluding carboxylic acids is 4. The maximum Gasteiger partial charge on any atom is 0.293 e. The van der Waals surface area contributed by atoms with E-state index in [0.717, 1.165) is 86.9 Å². The molecule has 4 fully saturated rings. The zero-order valence-electron chi connectivity index (χ0n) is 35.2. The van der Waals surface area contributed by atoms with Gasteiger partial charge in [0.15, 0.2) is 18.2 Å². The number of imide groups is 1. The number of piperidine rings is 2. The summed E-state index contributed by atoms with van der Waals surface area (Å²) in [6.45, 7) is 7.36. The van der Waals surface area contributed by atoms with Gasteiger partial charge in [0, 0.05) is 74.6 Å². The number of ether oxygens (including phenoxy) is 2. The average Bonchev–Trinajstić information content (AvgIpc) is 3.96. The van der Waals surface area contributed by atoms with Gasteiger partial charge in [-0.1, -0.05) is 11.6 Å². The summed E-state index contributed by atoms with van der Waals surface area (Å²) < 4.78 is 14.1. The average molecular weight is 866 g/mol. The van der Waals surface area contributed by atoms with Crippen molar-refractivity contribution in [1.82, 2.24) is 30.1 Å². The quantitative estimate of drug-likeness (QED) is 0.170. The smallest absolute Gasteiger partial charge is 0.293 e. The molecular formula is C45H52ClN9O7. The number of amides is 4. The van der Waals surface area contributed by atoms with Crippen LogP contribution in [0, 0.1) is 5.41 Å². The number of likely N-dealkylation sites (N-methyl/N-ethyl adjacent to an activating group) is 1. The summed E-state index contributed by atoms with van der Waals surface area (Å²) in [6.07, 6.45) is 8.58. The van der Waals surface area contributed by atoms with Crippen molar-refractivity contribution in [2.45, 2.75) is 96.1 Å². The van der Waals surface area contributed by atoms with Crippen LogP contribution in [0.4, 0.5) is 23.1 Å². The lowest BCUT2D eigenvalue weighted by atomic mass is 9.85. The Labute approximate surface area is 364 Å².